The van der Waals surface area contributed by atoms with Crippen LogP contribution in [0.1, 0.15) is 102 Å². The molecule has 0 fully saturated rings. The van der Waals surface area contributed by atoms with Crippen LogP contribution in [0, 0.1) is 23.6 Å². The van der Waals surface area contributed by atoms with Gasteiger partial charge in [-0.15, -0.1) is 5.06 Å². The molecule has 0 saturated carbocycles. The van der Waals surface area contributed by atoms with Gasteiger partial charge in [-0.1, -0.05) is 100 Å². The van der Waals surface area contributed by atoms with Crippen LogP contribution in [-0.4, -0.2) is 85.9 Å². The minimum atomic E-state index is -2.43. The SMILES string of the molecule is [C-]#[N+]C1=C(c2cccc(C#Cc3cccc(C=NCC(=O)C[N+](C)(C)C)c3)c2)ON(C(C)(C)C)C1c1c2cccccc-2c(/C=[N+](\[O-])C(C)(C)C)c1[Si](C)(C)C(C)(C)C. The molecule has 9 heteroatoms. The maximum Gasteiger partial charge on any atom is 0.234 e. The Hall–Kier alpha value is -5.32. The van der Waals surface area contributed by atoms with Crippen molar-refractivity contribution in [2.24, 2.45) is 4.99 Å². The molecule has 0 amide bonds. The van der Waals surface area contributed by atoms with Crippen molar-refractivity contribution in [2.75, 3.05) is 34.2 Å². The van der Waals surface area contributed by atoms with Gasteiger partial charge in [0, 0.05) is 54.8 Å². The molecule has 0 radical (unpaired) electrons. The van der Waals surface area contributed by atoms with Crippen LogP contribution in [0.15, 0.2) is 89.6 Å². The summed E-state index contributed by atoms with van der Waals surface area (Å²) in [4.78, 5) is 27.9. The number of fused-ring (bicyclic) bond motifs is 1. The maximum atomic E-state index is 13.8. The first-order valence-electron chi connectivity index (χ1n) is 20.3. The fourth-order valence-corrected chi connectivity index (χ4v) is 9.71. The molecule has 0 aromatic heterocycles. The van der Waals surface area contributed by atoms with Crippen molar-refractivity contribution >= 4 is 37.2 Å². The summed E-state index contributed by atoms with van der Waals surface area (Å²) < 4.78 is 1.65. The number of Topliss-reactive ketones (excluding diaryl/α,β-unsaturated/α-hetero) is 1. The van der Waals surface area contributed by atoms with Crippen LogP contribution in [0.3, 0.4) is 0 Å². The number of hydrogen-bond donors (Lipinski definition) is 0. The van der Waals surface area contributed by atoms with E-state index in [0.717, 1.165) is 49.2 Å². The summed E-state index contributed by atoms with van der Waals surface area (Å²) in [6, 6.07) is 25.4. The highest BCUT2D eigenvalue weighted by atomic mass is 28.3. The van der Waals surface area contributed by atoms with Crippen molar-refractivity contribution < 1.29 is 18.9 Å². The molecule has 0 spiro atoms. The minimum absolute atomic E-state index is 0.0902. The first-order valence-corrected chi connectivity index (χ1v) is 23.3. The van der Waals surface area contributed by atoms with Gasteiger partial charge in [0.15, 0.2) is 17.5 Å². The van der Waals surface area contributed by atoms with Crippen LogP contribution in [-0.2, 0) is 9.63 Å². The van der Waals surface area contributed by atoms with E-state index in [9.17, 15) is 10.0 Å². The van der Waals surface area contributed by atoms with Crippen LogP contribution < -0.4 is 5.19 Å². The number of ketones is 1. The highest BCUT2D eigenvalue weighted by molar-refractivity contribution is 6.93. The number of rotatable bonds is 9. The van der Waals surface area contributed by atoms with Gasteiger partial charge in [0.25, 0.3) is 0 Å². The first-order chi connectivity index (χ1) is 27.3. The molecule has 5 rings (SSSR count). The lowest BCUT2D eigenvalue weighted by Gasteiger charge is -2.41. The predicted octanol–water partition coefficient (Wildman–Crippen LogP) is 9.70. The van der Waals surface area contributed by atoms with E-state index in [0.29, 0.717) is 22.5 Å². The lowest BCUT2D eigenvalue weighted by Crippen LogP contribution is -2.53. The number of carbonyl (C=O) groups excluding carboxylic acids is 1. The number of quaternary nitrogens is 1. The third-order valence-electron chi connectivity index (χ3n) is 11.1. The maximum absolute atomic E-state index is 13.8. The Morgan fingerprint density at radius 1 is 0.915 bits per heavy atom. The number of carbonyl (C=O) groups is 1. The van der Waals surface area contributed by atoms with Crippen LogP contribution in [0.2, 0.25) is 18.1 Å². The average molecular weight is 809 g/mol. The van der Waals surface area contributed by atoms with E-state index < -0.39 is 25.2 Å². The van der Waals surface area contributed by atoms with Crippen molar-refractivity contribution in [2.45, 2.75) is 97.6 Å². The largest absolute Gasteiger partial charge is 0.623 e. The van der Waals surface area contributed by atoms with Crippen LogP contribution in [0.5, 0.6) is 0 Å². The number of aliphatic imine (C=N–C) groups is 1. The summed E-state index contributed by atoms with van der Waals surface area (Å²) in [6.07, 6.45) is 3.52. The second-order valence-electron chi connectivity index (χ2n) is 20.2. The third-order valence-corrected chi connectivity index (χ3v) is 16.6. The average Bonchev–Trinajstić information content (AvgIpc) is 3.54. The highest BCUT2D eigenvalue weighted by Gasteiger charge is 2.51. The van der Waals surface area contributed by atoms with E-state index >= 15 is 0 Å². The number of likely N-dealkylation sites (N-methyl/N-ethyl adjacent to an activating group) is 1. The molecule has 1 aliphatic heterocycles. The van der Waals surface area contributed by atoms with Gasteiger partial charge >= 0.3 is 0 Å². The molecule has 2 aromatic carbocycles. The zero-order chi connectivity index (χ0) is 43.7. The Labute approximate surface area is 354 Å². The summed E-state index contributed by atoms with van der Waals surface area (Å²) >= 11 is 0. The van der Waals surface area contributed by atoms with Gasteiger partial charge in [0.05, 0.1) is 35.8 Å². The summed E-state index contributed by atoms with van der Waals surface area (Å²) in [5, 5.41) is 16.9. The lowest BCUT2D eigenvalue weighted by atomic mass is 9.95. The molecule has 8 nitrogen and oxygen atoms in total. The molecule has 1 heterocycles. The molecule has 308 valence electrons. The molecule has 0 N–H and O–H groups in total. The second kappa shape index (κ2) is 16.7. The lowest BCUT2D eigenvalue weighted by molar-refractivity contribution is -0.862. The molecule has 59 heavy (non-hydrogen) atoms. The van der Waals surface area contributed by atoms with Crippen molar-refractivity contribution in [3.63, 3.8) is 0 Å². The number of hydroxylamine groups is 3. The highest BCUT2D eigenvalue weighted by Crippen LogP contribution is 2.51. The van der Waals surface area contributed by atoms with Gasteiger partial charge in [-0.05, 0) is 77.5 Å². The summed E-state index contributed by atoms with van der Waals surface area (Å²) in [5.74, 6) is 7.21. The Bertz CT molecular complexity index is 2400. The number of hydrogen-bond acceptors (Lipinski definition) is 5. The molecule has 3 aliphatic rings. The van der Waals surface area contributed by atoms with Gasteiger partial charge in [-0.2, -0.15) is 0 Å². The molecular weight excluding hydrogens is 747 g/mol. The Morgan fingerprint density at radius 3 is 2.10 bits per heavy atom. The topological polar surface area (TPSA) is 72.3 Å². The standard InChI is InChI=1S/C50H62N5O3Si/c1-48(2,3)53(57)33-42-40-25-17-16-18-26-41(40)43(47(42)59(14,15)50(7,8)9)45-44(51-10)46(58-54(45)49(4,5)6)38-24-20-22-36(30-38)28-27-35-21-19-23-37(29-35)31-52-32-39(56)34-55(11,12)13/h16-26,29-31,33,45H,32,34H2,1-9,11-15H3/q+1/b52-31?,53-33-. The van der Waals surface area contributed by atoms with E-state index in [4.69, 9.17) is 11.4 Å². The van der Waals surface area contributed by atoms with Crippen molar-refractivity contribution in [3.05, 3.63) is 135 Å². The van der Waals surface area contributed by atoms with E-state index in [1.807, 2.05) is 114 Å². The van der Waals surface area contributed by atoms with Gasteiger partial charge < -0.3 is 14.5 Å². The Morgan fingerprint density at radius 2 is 1.53 bits per heavy atom. The van der Waals surface area contributed by atoms with Crippen molar-refractivity contribution in [1.82, 2.24) is 5.06 Å². The fourth-order valence-electron chi connectivity index (χ4n) is 7.14. The fraction of sp³-hybridized carbons (Fsp3) is 0.400. The second-order valence-corrected chi connectivity index (χ2v) is 25.4. The van der Waals surface area contributed by atoms with Crippen molar-refractivity contribution in [1.29, 1.82) is 0 Å². The van der Waals surface area contributed by atoms with E-state index in [-0.39, 0.29) is 17.4 Å². The Balaban J connectivity index is 1.66. The van der Waals surface area contributed by atoms with E-state index in [1.165, 1.54) is 5.19 Å². The van der Waals surface area contributed by atoms with Crippen LogP contribution in [0.4, 0.5) is 0 Å². The molecule has 1 atom stereocenters. The summed E-state index contributed by atoms with van der Waals surface area (Å²) in [7, 11) is 3.54. The smallest absolute Gasteiger partial charge is 0.234 e. The van der Waals surface area contributed by atoms with Gasteiger partial charge in [0.2, 0.25) is 11.5 Å². The summed E-state index contributed by atoms with van der Waals surface area (Å²) in [6.45, 7) is 33.1. The molecule has 2 aliphatic carbocycles. The molecule has 2 aromatic rings. The minimum Gasteiger partial charge on any atom is -0.623 e. The van der Waals surface area contributed by atoms with E-state index in [2.05, 4.69) is 88.4 Å². The molecular formula is C50H62N5O3Si+. The third kappa shape index (κ3) is 10.1. The monoisotopic (exact) mass is 808 g/mol. The first kappa shape index (κ1) is 44.8. The Kier molecular flexibility index (Phi) is 12.7. The predicted molar refractivity (Wildman–Crippen MR) is 247 cm³/mol. The van der Waals surface area contributed by atoms with Gasteiger partial charge in [-0.3, -0.25) is 9.79 Å². The molecule has 0 bridgehead atoms. The van der Waals surface area contributed by atoms with Gasteiger partial charge in [-0.25, -0.2) is 9.58 Å². The number of nitrogens with zero attached hydrogens (tertiary/aromatic N) is 5. The molecule has 0 saturated heterocycles. The quantitative estimate of drug-likeness (QED) is 0.0247. The normalized spacial score (nSPS) is 15.9. The van der Waals surface area contributed by atoms with Crippen LogP contribution in [0.25, 0.3) is 21.7 Å². The van der Waals surface area contributed by atoms with E-state index in [1.54, 1.807) is 12.4 Å². The van der Waals surface area contributed by atoms with Crippen LogP contribution >= 0.6 is 0 Å². The zero-order valence-electron chi connectivity index (χ0n) is 37.6. The number of benzene rings is 2. The zero-order valence-corrected chi connectivity index (χ0v) is 38.6. The summed E-state index contributed by atoms with van der Waals surface area (Å²) in [5.41, 5.74) is 6.52. The molecule has 1 unspecified atom stereocenters. The van der Waals surface area contributed by atoms with Crippen molar-refractivity contribution in [3.8, 4) is 23.0 Å². The van der Waals surface area contributed by atoms with Gasteiger partial charge in [0.1, 0.15) is 19.1 Å².